The zero-order valence-corrected chi connectivity index (χ0v) is 14.2. The molecule has 0 saturated carbocycles. The van der Waals surface area contributed by atoms with Gasteiger partial charge in [-0.15, -0.1) is 22.7 Å². The van der Waals surface area contributed by atoms with Crippen molar-refractivity contribution >= 4 is 45.6 Å². The van der Waals surface area contributed by atoms with Crippen molar-refractivity contribution in [2.24, 2.45) is 5.73 Å². The number of nitrogens with two attached hydrogens (primary N) is 1. The van der Waals surface area contributed by atoms with Gasteiger partial charge >= 0.3 is 0 Å². The molecule has 0 spiro atoms. The van der Waals surface area contributed by atoms with Gasteiger partial charge in [-0.1, -0.05) is 36.4 Å². The Hall–Kier alpha value is -2.70. The monoisotopic (exact) mass is 354 g/mol. The van der Waals surface area contributed by atoms with E-state index in [0.717, 1.165) is 15.3 Å². The minimum Gasteiger partial charge on any atom is -0.366 e. The lowest BCUT2D eigenvalue weighted by Gasteiger charge is -2.00. The molecule has 0 aliphatic heterocycles. The van der Waals surface area contributed by atoms with Gasteiger partial charge in [0.25, 0.3) is 5.91 Å². The molecule has 3 N–H and O–H groups in total. The van der Waals surface area contributed by atoms with E-state index < -0.39 is 5.91 Å². The van der Waals surface area contributed by atoms with E-state index in [1.165, 1.54) is 17.4 Å². The highest BCUT2D eigenvalue weighted by atomic mass is 32.1. The van der Waals surface area contributed by atoms with E-state index in [1.807, 2.05) is 47.8 Å². The molecule has 0 atom stereocenters. The first-order valence-corrected chi connectivity index (χ1v) is 8.85. The normalized spacial score (nSPS) is 10.8. The van der Waals surface area contributed by atoms with Crippen LogP contribution in [-0.2, 0) is 4.79 Å². The van der Waals surface area contributed by atoms with Crippen molar-refractivity contribution in [2.45, 2.75) is 0 Å². The zero-order valence-electron chi connectivity index (χ0n) is 12.6. The molecule has 0 radical (unpaired) electrons. The molecule has 3 rings (SSSR count). The van der Waals surface area contributed by atoms with Crippen LogP contribution in [0.2, 0.25) is 0 Å². The summed E-state index contributed by atoms with van der Waals surface area (Å²) in [5.74, 6) is -0.863. The molecule has 0 bridgehead atoms. The van der Waals surface area contributed by atoms with Crippen molar-refractivity contribution in [1.29, 1.82) is 0 Å². The van der Waals surface area contributed by atoms with Crippen molar-refractivity contribution in [1.82, 2.24) is 0 Å². The predicted octanol–water partition coefficient (Wildman–Crippen LogP) is 4.23. The molecule has 3 aromatic rings. The largest absolute Gasteiger partial charge is 0.366 e. The van der Waals surface area contributed by atoms with Gasteiger partial charge < -0.3 is 11.1 Å². The predicted molar refractivity (Wildman–Crippen MR) is 100 cm³/mol. The summed E-state index contributed by atoms with van der Waals surface area (Å²) >= 11 is 2.87. The van der Waals surface area contributed by atoms with Gasteiger partial charge in [0.1, 0.15) is 5.00 Å². The average Bonchev–Trinajstić information content (AvgIpc) is 3.23. The van der Waals surface area contributed by atoms with Crippen LogP contribution < -0.4 is 11.1 Å². The quantitative estimate of drug-likeness (QED) is 0.673. The lowest BCUT2D eigenvalue weighted by Crippen LogP contribution is -2.14. The van der Waals surface area contributed by atoms with Crippen LogP contribution in [0.15, 0.2) is 60.0 Å². The Morgan fingerprint density at radius 3 is 2.54 bits per heavy atom. The number of carbonyl (C=O) groups excluding carboxylic acids is 2. The molecule has 0 aliphatic carbocycles. The SMILES string of the molecule is NC(=O)c1cc(-c2ccccc2)sc1NC(=O)/C=C\c1cccs1. The van der Waals surface area contributed by atoms with E-state index in [1.54, 1.807) is 23.5 Å². The van der Waals surface area contributed by atoms with Crippen LogP contribution >= 0.6 is 22.7 Å². The van der Waals surface area contributed by atoms with Gasteiger partial charge in [0.05, 0.1) is 5.56 Å². The Balaban J connectivity index is 1.83. The number of hydrogen-bond acceptors (Lipinski definition) is 4. The summed E-state index contributed by atoms with van der Waals surface area (Å²) in [6.45, 7) is 0. The Morgan fingerprint density at radius 2 is 1.88 bits per heavy atom. The fourth-order valence-corrected chi connectivity index (χ4v) is 3.80. The second kappa shape index (κ2) is 7.25. The summed E-state index contributed by atoms with van der Waals surface area (Å²) in [5, 5.41) is 5.14. The van der Waals surface area contributed by atoms with Crippen LogP contribution in [0.1, 0.15) is 15.2 Å². The molecule has 0 fully saturated rings. The third kappa shape index (κ3) is 3.79. The number of primary amides is 1. The number of carbonyl (C=O) groups is 2. The molecular formula is C18H14N2O2S2. The second-order valence-electron chi connectivity index (χ2n) is 4.92. The Labute approximate surface area is 147 Å². The highest BCUT2D eigenvalue weighted by molar-refractivity contribution is 7.20. The number of anilines is 1. The molecule has 24 heavy (non-hydrogen) atoms. The van der Waals surface area contributed by atoms with E-state index in [-0.39, 0.29) is 5.91 Å². The van der Waals surface area contributed by atoms with Gasteiger partial charge in [-0.2, -0.15) is 0 Å². The topological polar surface area (TPSA) is 72.2 Å². The lowest BCUT2D eigenvalue weighted by molar-refractivity contribution is -0.111. The number of amides is 2. The molecule has 1 aromatic carbocycles. The molecule has 0 unspecified atom stereocenters. The molecule has 2 aromatic heterocycles. The van der Waals surface area contributed by atoms with Crippen LogP contribution in [0.25, 0.3) is 16.5 Å². The fourth-order valence-electron chi connectivity index (χ4n) is 2.11. The first-order valence-electron chi connectivity index (χ1n) is 7.15. The molecule has 2 amide bonds. The molecular weight excluding hydrogens is 340 g/mol. The van der Waals surface area contributed by atoms with Crippen molar-refractivity contribution in [3.8, 4) is 10.4 Å². The van der Waals surface area contributed by atoms with Crippen molar-refractivity contribution in [2.75, 3.05) is 5.32 Å². The molecule has 4 nitrogen and oxygen atoms in total. The standard InChI is InChI=1S/C18H14N2O2S2/c19-17(22)14-11-15(12-5-2-1-3-6-12)24-18(14)20-16(21)9-8-13-7-4-10-23-13/h1-11H,(H2,19,22)(H,20,21)/b9-8-. The highest BCUT2D eigenvalue weighted by Gasteiger charge is 2.16. The zero-order chi connectivity index (χ0) is 16.9. The van der Waals surface area contributed by atoms with Gasteiger partial charge in [-0.3, -0.25) is 9.59 Å². The van der Waals surface area contributed by atoms with Crippen LogP contribution in [0.3, 0.4) is 0 Å². The number of hydrogen-bond donors (Lipinski definition) is 2. The van der Waals surface area contributed by atoms with Crippen molar-refractivity contribution in [3.05, 3.63) is 70.4 Å². The summed E-state index contributed by atoms with van der Waals surface area (Å²) in [7, 11) is 0. The first kappa shape index (κ1) is 16.2. The van der Waals surface area contributed by atoms with Gasteiger partial charge in [0.2, 0.25) is 5.91 Å². The van der Waals surface area contributed by atoms with E-state index in [4.69, 9.17) is 5.73 Å². The maximum absolute atomic E-state index is 12.1. The van der Waals surface area contributed by atoms with Crippen LogP contribution in [0, 0.1) is 0 Å². The smallest absolute Gasteiger partial charge is 0.251 e. The first-order chi connectivity index (χ1) is 11.6. The molecule has 6 heteroatoms. The van der Waals surface area contributed by atoms with E-state index >= 15 is 0 Å². The maximum atomic E-state index is 12.1. The van der Waals surface area contributed by atoms with Gasteiger partial charge in [0, 0.05) is 15.8 Å². The number of rotatable bonds is 5. The molecule has 0 saturated heterocycles. The van der Waals surface area contributed by atoms with Gasteiger partial charge in [-0.05, 0) is 29.2 Å². The fraction of sp³-hybridized carbons (Fsp3) is 0. The summed E-state index contributed by atoms with van der Waals surface area (Å²) < 4.78 is 0. The lowest BCUT2D eigenvalue weighted by atomic mass is 10.1. The number of nitrogens with one attached hydrogen (secondary N) is 1. The van der Waals surface area contributed by atoms with Gasteiger partial charge in [-0.25, -0.2) is 0 Å². The van der Waals surface area contributed by atoms with Crippen molar-refractivity contribution < 1.29 is 9.59 Å². The summed E-state index contributed by atoms with van der Waals surface area (Å²) in [4.78, 5) is 25.6. The number of benzene rings is 1. The Bertz CT molecular complexity index is 881. The van der Waals surface area contributed by atoms with E-state index in [0.29, 0.717) is 10.6 Å². The van der Waals surface area contributed by atoms with E-state index in [9.17, 15) is 9.59 Å². The minimum absolute atomic E-state index is 0.299. The minimum atomic E-state index is -0.564. The van der Waals surface area contributed by atoms with Gasteiger partial charge in [0.15, 0.2) is 0 Å². The Kier molecular flexibility index (Phi) is 4.88. The summed E-state index contributed by atoms with van der Waals surface area (Å²) in [5.41, 5.74) is 6.72. The van der Waals surface area contributed by atoms with Crippen LogP contribution in [0.4, 0.5) is 5.00 Å². The second-order valence-corrected chi connectivity index (χ2v) is 6.95. The third-order valence-electron chi connectivity index (χ3n) is 3.23. The molecule has 2 heterocycles. The third-order valence-corrected chi connectivity index (χ3v) is 5.17. The van der Waals surface area contributed by atoms with E-state index in [2.05, 4.69) is 5.32 Å². The van der Waals surface area contributed by atoms with Crippen molar-refractivity contribution in [3.63, 3.8) is 0 Å². The number of thiophene rings is 2. The van der Waals surface area contributed by atoms with Crippen LogP contribution in [0.5, 0.6) is 0 Å². The summed E-state index contributed by atoms with van der Waals surface area (Å²) in [6.07, 6.45) is 3.17. The maximum Gasteiger partial charge on any atom is 0.251 e. The van der Waals surface area contributed by atoms with Crippen LogP contribution in [-0.4, -0.2) is 11.8 Å². The molecule has 120 valence electrons. The average molecular weight is 354 g/mol. The Morgan fingerprint density at radius 1 is 1.08 bits per heavy atom. The highest BCUT2D eigenvalue weighted by Crippen LogP contribution is 2.35. The molecule has 0 aliphatic rings. The summed E-state index contributed by atoms with van der Waals surface area (Å²) in [6, 6.07) is 15.2.